The summed E-state index contributed by atoms with van der Waals surface area (Å²) >= 11 is 1.29. The molecular weight excluding hydrogens is 408 g/mol. The minimum atomic E-state index is -0.272. The second-order valence-corrected chi connectivity index (χ2v) is 8.52. The molecule has 0 unspecified atom stereocenters. The zero-order chi connectivity index (χ0) is 21.1. The first-order chi connectivity index (χ1) is 15.1. The van der Waals surface area contributed by atoms with Crippen LogP contribution in [-0.4, -0.2) is 21.5 Å². The Bertz CT molecular complexity index is 1480. The lowest BCUT2D eigenvalue weighted by molar-refractivity contribution is 0.0990. The molecule has 6 rings (SSSR count). The van der Waals surface area contributed by atoms with Crippen LogP contribution in [0.1, 0.15) is 31.3 Å². The van der Waals surface area contributed by atoms with Crippen molar-refractivity contribution in [3.05, 3.63) is 87.9 Å². The molecule has 0 saturated heterocycles. The number of allylic oxidation sites excluding steroid dienone is 1. The Morgan fingerprint density at radius 1 is 0.871 bits per heavy atom. The first-order valence-electron chi connectivity index (χ1n) is 9.75. The predicted octanol–water partition coefficient (Wildman–Crippen LogP) is 5.88. The first-order valence-corrected chi connectivity index (χ1v) is 10.6. The normalized spacial score (nSPS) is 13.4. The van der Waals surface area contributed by atoms with Gasteiger partial charge in [0.1, 0.15) is 5.01 Å². The van der Waals surface area contributed by atoms with Gasteiger partial charge in [-0.25, -0.2) is 0 Å². The summed E-state index contributed by atoms with van der Waals surface area (Å²) in [6, 6.07) is 19.1. The van der Waals surface area contributed by atoms with Crippen LogP contribution < -0.4 is 0 Å². The smallest absolute Gasteiger partial charge is 0.259 e. The molecule has 148 valence electrons. The number of carbonyl (C=O) groups is 2. The SMILES string of the molecule is Cc1ccc(-c2nc3sc(C=C4C(=O)c5cc6ccccc6cc5C4=O)nc3o2)cc1. The number of hydrogen-bond donors (Lipinski definition) is 0. The number of aryl methyl sites for hydroxylation is 1. The largest absolute Gasteiger partial charge is 0.417 e. The second kappa shape index (κ2) is 6.55. The maximum Gasteiger partial charge on any atom is 0.259 e. The van der Waals surface area contributed by atoms with Crippen molar-refractivity contribution in [1.82, 2.24) is 9.97 Å². The van der Waals surface area contributed by atoms with Gasteiger partial charge in [-0.15, -0.1) is 0 Å². The minimum Gasteiger partial charge on any atom is -0.417 e. The molecule has 0 amide bonds. The first kappa shape index (κ1) is 17.9. The van der Waals surface area contributed by atoms with E-state index < -0.39 is 0 Å². The summed E-state index contributed by atoms with van der Waals surface area (Å²) in [5, 5.41) is 2.39. The van der Waals surface area contributed by atoms with Crippen molar-refractivity contribution in [2.24, 2.45) is 0 Å². The van der Waals surface area contributed by atoms with Gasteiger partial charge in [0.25, 0.3) is 5.71 Å². The molecule has 0 atom stereocenters. The molecule has 0 radical (unpaired) electrons. The van der Waals surface area contributed by atoms with Crippen LogP contribution in [0.25, 0.3) is 38.8 Å². The number of rotatable bonds is 2. The Hall–Kier alpha value is -3.90. The molecule has 0 fully saturated rings. The van der Waals surface area contributed by atoms with E-state index in [4.69, 9.17) is 4.42 Å². The van der Waals surface area contributed by atoms with Crippen molar-refractivity contribution in [3.8, 4) is 11.5 Å². The van der Waals surface area contributed by atoms with Gasteiger partial charge in [-0.2, -0.15) is 9.97 Å². The monoisotopic (exact) mass is 422 g/mol. The van der Waals surface area contributed by atoms with Crippen LogP contribution in [0, 0.1) is 6.92 Å². The molecule has 5 nitrogen and oxygen atoms in total. The highest BCUT2D eigenvalue weighted by molar-refractivity contribution is 7.18. The molecule has 0 saturated carbocycles. The number of hydrogen-bond acceptors (Lipinski definition) is 6. The molecule has 5 aromatic rings. The van der Waals surface area contributed by atoms with Gasteiger partial charge in [-0.1, -0.05) is 53.3 Å². The van der Waals surface area contributed by atoms with Gasteiger partial charge in [0, 0.05) is 16.7 Å². The highest BCUT2D eigenvalue weighted by Gasteiger charge is 2.33. The third-order valence-corrected chi connectivity index (χ3v) is 6.30. The van der Waals surface area contributed by atoms with Crippen molar-refractivity contribution < 1.29 is 14.0 Å². The standard InChI is InChI=1S/C25H14N2O3S/c1-13-6-8-14(9-7-13)23-27-25-24(30-23)26-20(31-25)12-19-21(28)17-10-15-4-2-3-5-16(15)11-18(17)22(19)29/h2-12H,1H3. The number of carbonyl (C=O) groups excluding carboxylic acids is 2. The van der Waals surface area contributed by atoms with Gasteiger partial charge < -0.3 is 4.42 Å². The van der Waals surface area contributed by atoms with E-state index in [1.54, 1.807) is 18.2 Å². The third kappa shape index (κ3) is 2.84. The van der Waals surface area contributed by atoms with Crippen LogP contribution in [0.2, 0.25) is 0 Å². The lowest BCUT2D eigenvalue weighted by Gasteiger charge is -2.00. The number of thiazole rings is 1. The second-order valence-electron chi connectivity index (χ2n) is 7.51. The Labute approximate surface area is 180 Å². The van der Waals surface area contributed by atoms with E-state index in [1.165, 1.54) is 11.3 Å². The van der Waals surface area contributed by atoms with E-state index in [9.17, 15) is 9.59 Å². The van der Waals surface area contributed by atoms with Crippen molar-refractivity contribution in [1.29, 1.82) is 0 Å². The quantitative estimate of drug-likeness (QED) is 0.263. The van der Waals surface area contributed by atoms with E-state index in [2.05, 4.69) is 9.97 Å². The molecule has 1 aliphatic carbocycles. The van der Waals surface area contributed by atoms with Crippen LogP contribution in [0.4, 0.5) is 0 Å². The summed E-state index contributed by atoms with van der Waals surface area (Å²) in [4.78, 5) is 35.4. The van der Waals surface area contributed by atoms with Gasteiger partial charge in [-0.3, -0.25) is 9.59 Å². The fraction of sp³-hybridized carbons (Fsp3) is 0.0400. The van der Waals surface area contributed by atoms with Crippen LogP contribution in [-0.2, 0) is 0 Å². The molecule has 2 aromatic heterocycles. The topological polar surface area (TPSA) is 73.1 Å². The van der Waals surface area contributed by atoms with E-state index in [-0.39, 0.29) is 17.1 Å². The summed E-state index contributed by atoms with van der Waals surface area (Å²) in [5.74, 6) is -0.0446. The molecule has 0 bridgehead atoms. The summed E-state index contributed by atoms with van der Waals surface area (Å²) in [6.07, 6.45) is 1.54. The summed E-state index contributed by atoms with van der Waals surface area (Å²) in [6.45, 7) is 2.02. The summed E-state index contributed by atoms with van der Waals surface area (Å²) in [7, 11) is 0. The average Bonchev–Trinajstić information content (AvgIpc) is 3.40. The number of aromatic nitrogens is 2. The van der Waals surface area contributed by atoms with Crippen LogP contribution in [0.15, 0.2) is 70.7 Å². The van der Waals surface area contributed by atoms with E-state index in [0.717, 1.165) is 21.9 Å². The van der Waals surface area contributed by atoms with Crippen LogP contribution in [0.5, 0.6) is 0 Å². The number of fused-ring (bicyclic) bond motifs is 3. The molecule has 31 heavy (non-hydrogen) atoms. The molecule has 3 aromatic carbocycles. The fourth-order valence-electron chi connectivity index (χ4n) is 3.80. The van der Waals surface area contributed by atoms with Gasteiger partial charge >= 0.3 is 0 Å². The van der Waals surface area contributed by atoms with Gasteiger partial charge in [-0.05, 0) is 48.0 Å². The molecule has 2 heterocycles. The minimum absolute atomic E-state index is 0.125. The maximum atomic E-state index is 12.9. The van der Waals surface area contributed by atoms with E-state index in [0.29, 0.717) is 32.6 Å². The van der Waals surface area contributed by atoms with Crippen molar-refractivity contribution in [3.63, 3.8) is 0 Å². The number of oxazole rings is 1. The third-order valence-electron chi connectivity index (χ3n) is 5.42. The van der Waals surface area contributed by atoms with Gasteiger partial charge in [0.05, 0.1) is 5.57 Å². The highest BCUT2D eigenvalue weighted by Crippen LogP contribution is 2.34. The molecule has 0 spiro atoms. The zero-order valence-corrected chi connectivity index (χ0v) is 17.2. The summed E-state index contributed by atoms with van der Waals surface area (Å²) < 4.78 is 5.80. The van der Waals surface area contributed by atoms with Crippen molar-refractivity contribution in [2.45, 2.75) is 6.92 Å². The predicted molar refractivity (Wildman–Crippen MR) is 120 cm³/mol. The Balaban J connectivity index is 1.38. The summed E-state index contributed by atoms with van der Waals surface area (Å²) in [5.41, 5.74) is 3.43. The number of nitrogens with zero attached hydrogens (tertiary/aromatic N) is 2. The highest BCUT2D eigenvalue weighted by atomic mass is 32.1. The molecule has 0 aliphatic heterocycles. The molecule has 6 heteroatoms. The molecule has 1 aliphatic rings. The van der Waals surface area contributed by atoms with Crippen LogP contribution in [0.3, 0.4) is 0 Å². The Morgan fingerprint density at radius 2 is 1.52 bits per heavy atom. The average molecular weight is 422 g/mol. The van der Waals surface area contributed by atoms with Gasteiger partial charge in [0.2, 0.25) is 5.89 Å². The van der Waals surface area contributed by atoms with E-state index >= 15 is 0 Å². The van der Waals surface area contributed by atoms with Gasteiger partial charge in [0.15, 0.2) is 16.4 Å². The van der Waals surface area contributed by atoms with E-state index in [1.807, 2.05) is 55.5 Å². The maximum absolute atomic E-state index is 12.9. The molecule has 0 N–H and O–H groups in total. The van der Waals surface area contributed by atoms with Crippen LogP contribution >= 0.6 is 11.3 Å². The Kier molecular flexibility index (Phi) is 3.79. The van der Waals surface area contributed by atoms with Crippen molar-refractivity contribution >= 4 is 50.3 Å². The number of Topliss-reactive ketones (excluding diaryl/α,β-unsaturated/α-hetero) is 2. The number of benzene rings is 3. The lowest BCUT2D eigenvalue weighted by atomic mass is 10.0. The van der Waals surface area contributed by atoms with Crippen molar-refractivity contribution in [2.75, 3.05) is 0 Å². The molecular formula is C25H14N2O3S. The number of ketones is 2. The fourth-order valence-corrected chi connectivity index (χ4v) is 4.61. The Morgan fingerprint density at radius 3 is 2.13 bits per heavy atom. The zero-order valence-electron chi connectivity index (χ0n) is 16.4. The lowest BCUT2D eigenvalue weighted by Crippen LogP contribution is -2.00.